The van der Waals surface area contributed by atoms with Crippen molar-refractivity contribution in [2.45, 2.75) is 20.0 Å². The normalized spacial score (nSPS) is 11.5. The van der Waals surface area contributed by atoms with E-state index in [0.29, 0.717) is 11.4 Å². The number of rotatable bonds is 6. The molecular formula is C18H18BrNO4. The third-order valence-corrected chi connectivity index (χ3v) is 3.63. The summed E-state index contributed by atoms with van der Waals surface area (Å²) in [5.74, 6) is -0.450. The second kappa shape index (κ2) is 8.49. The zero-order valence-corrected chi connectivity index (χ0v) is 15.0. The number of hydrogen-bond donors (Lipinski definition) is 1. The molecule has 2 aromatic rings. The minimum absolute atomic E-state index is 0.360. The number of halogens is 1. The van der Waals surface area contributed by atoms with Crippen LogP contribution in [0.25, 0.3) is 0 Å². The summed E-state index contributed by atoms with van der Waals surface area (Å²) in [5, 5.41) is 2.67. The van der Waals surface area contributed by atoms with Gasteiger partial charge in [-0.3, -0.25) is 4.79 Å². The second-order valence-corrected chi connectivity index (χ2v) is 6.16. The summed E-state index contributed by atoms with van der Waals surface area (Å²) >= 11 is 3.32. The summed E-state index contributed by atoms with van der Waals surface area (Å²) in [6.07, 6.45) is -0.807. The number of nitrogens with one attached hydrogen (secondary N) is 1. The third-order valence-electron chi connectivity index (χ3n) is 3.11. The third kappa shape index (κ3) is 5.70. The molecule has 0 saturated carbocycles. The lowest BCUT2D eigenvalue weighted by atomic mass is 10.2. The lowest BCUT2D eigenvalue weighted by Gasteiger charge is -2.14. The molecule has 0 bridgehead atoms. The summed E-state index contributed by atoms with van der Waals surface area (Å²) in [7, 11) is 0. The summed E-state index contributed by atoms with van der Waals surface area (Å²) in [6.45, 7) is 3.14. The summed E-state index contributed by atoms with van der Waals surface area (Å²) in [4.78, 5) is 23.7. The first-order valence-corrected chi connectivity index (χ1v) is 8.19. The first-order chi connectivity index (χ1) is 11.4. The zero-order valence-electron chi connectivity index (χ0n) is 13.4. The Morgan fingerprint density at radius 1 is 1.17 bits per heavy atom. The lowest BCUT2D eigenvalue weighted by Crippen LogP contribution is -2.29. The molecule has 0 heterocycles. The molecule has 0 spiro atoms. The number of carbonyl (C=O) groups excluding carboxylic acids is 2. The second-order valence-electron chi connectivity index (χ2n) is 5.24. The monoisotopic (exact) mass is 391 g/mol. The van der Waals surface area contributed by atoms with Crippen LogP contribution in [-0.4, -0.2) is 24.6 Å². The number of hydrogen-bond acceptors (Lipinski definition) is 4. The van der Waals surface area contributed by atoms with Gasteiger partial charge in [-0.05, 0) is 55.8 Å². The fourth-order valence-corrected chi connectivity index (χ4v) is 2.20. The molecule has 0 aromatic heterocycles. The average Bonchev–Trinajstić information content (AvgIpc) is 2.54. The maximum absolute atomic E-state index is 11.9. The molecule has 2 aromatic carbocycles. The van der Waals surface area contributed by atoms with Gasteiger partial charge in [-0.1, -0.05) is 28.1 Å². The van der Waals surface area contributed by atoms with Gasteiger partial charge >= 0.3 is 5.97 Å². The van der Waals surface area contributed by atoms with E-state index < -0.39 is 18.0 Å². The molecule has 5 nitrogen and oxygen atoms in total. The van der Waals surface area contributed by atoms with E-state index in [0.717, 1.165) is 10.0 Å². The van der Waals surface area contributed by atoms with Gasteiger partial charge in [0, 0.05) is 10.2 Å². The van der Waals surface area contributed by atoms with Gasteiger partial charge in [0.15, 0.2) is 12.7 Å². The smallest absolute Gasteiger partial charge is 0.347 e. The largest absolute Gasteiger partial charge is 0.479 e. The van der Waals surface area contributed by atoms with Crippen LogP contribution in [0, 0.1) is 6.92 Å². The molecule has 1 amide bonds. The molecule has 0 aliphatic carbocycles. The van der Waals surface area contributed by atoms with Crippen LogP contribution in [0.15, 0.2) is 53.0 Å². The maximum Gasteiger partial charge on any atom is 0.347 e. The molecule has 2 rings (SSSR count). The van der Waals surface area contributed by atoms with E-state index in [1.807, 2.05) is 37.3 Å². The Hall–Kier alpha value is -2.34. The number of carbonyl (C=O) groups is 2. The van der Waals surface area contributed by atoms with Crippen molar-refractivity contribution in [1.82, 2.24) is 0 Å². The Morgan fingerprint density at radius 3 is 2.54 bits per heavy atom. The number of benzene rings is 2. The van der Waals surface area contributed by atoms with Gasteiger partial charge in [0.05, 0.1) is 0 Å². The number of anilines is 1. The molecule has 0 fully saturated rings. The van der Waals surface area contributed by atoms with E-state index in [4.69, 9.17) is 9.47 Å². The van der Waals surface area contributed by atoms with E-state index in [9.17, 15) is 9.59 Å². The summed E-state index contributed by atoms with van der Waals surface area (Å²) < 4.78 is 11.4. The molecular weight excluding hydrogens is 374 g/mol. The molecule has 126 valence electrons. The highest BCUT2D eigenvalue weighted by molar-refractivity contribution is 9.10. The van der Waals surface area contributed by atoms with E-state index in [-0.39, 0.29) is 6.61 Å². The van der Waals surface area contributed by atoms with Gasteiger partial charge in [-0.15, -0.1) is 0 Å². The van der Waals surface area contributed by atoms with Crippen molar-refractivity contribution in [2.75, 3.05) is 11.9 Å². The molecule has 1 atom stereocenters. The Bertz CT molecular complexity index is 715. The van der Waals surface area contributed by atoms with E-state index in [1.54, 1.807) is 25.1 Å². The van der Waals surface area contributed by atoms with Crippen LogP contribution >= 0.6 is 15.9 Å². The van der Waals surface area contributed by atoms with Crippen LogP contribution in [0.5, 0.6) is 5.75 Å². The van der Waals surface area contributed by atoms with Crippen molar-refractivity contribution >= 4 is 33.5 Å². The number of esters is 1. The standard InChI is InChI=1S/C18H18BrNO4/c1-12-4-3-5-15(10-12)20-17(21)11-23-18(22)13(2)24-16-8-6-14(19)7-9-16/h3-10,13H,11H2,1-2H3,(H,20,21)/t13-/m1/s1. The molecule has 1 N–H and O–H groups in total. The molecule has 0 aliphatic heterocycles. The van der Waals surface area contributed by atoms with Crippen LogP contribution in [-0.2, 0) is 14.3 Å². The quantitative estimate of drug-likeness (QED) is 0.762. The van der Waals surface area contributed by atoms with Crippen LogP contribution in [0.4, 0.5) is 5.69 Å². The maximum atomic E-state index is 11.9. The average molecular weight is 392 g/mol. The van der Waals surface area contributed by atoms with Crippen molar-refractivity contribution in [3.63, 3.8) is 0 Å². The fourth-order valence-electron chi connectivity index (χ4n) is 1.94. The summed E-state index contributed by atoms with van der Waals surface area (Å²) in [5.41, 5.74) is 1.69. The van der Waals surface area contributed by atoms with Gasteiger partial charge < -0.3 is 14.8 Å². The topological polar surface area (TPSA) is 64.6 Å². The van der Waals surface area contributed by atoms with E-state index in [2.05, 4.69) is 21.2 Å². The minimum Gasteiger partial charge on any atom is -0.479 e. The molecule has 24 heavy (non-hydrogen) atoms. The minimum atomic E-state index is -0.807. The van der Waals surface area contributed by atoms with Crippen LogP contribution in [0.2, 0.25) is 0 Å². The van der Waals surface area contributed by atoms with Gasteiger partial charge in [-0.2, -0.15) is 0 Å². The Balaban J connectivity index is 1.79. The zero-order chi connectivity index (χ0) is 17.5. The summed E-state index contributed by atoms with van der Waals surface area (Å²) in [6, 6.07) is 14.5. The highest BCUT2D eigenvalue weighted by Crippen LogP contribution is 2.17. The number of aryl methyl sites for hydroxylation is 1. The van der Waals surface area contributed by atoms with Gasteiger partial charge in [0.1, 0.15) is 5.75 Å². The Kier molecular flexibility index (Phi) is 6.37. The predicted molar refractivity (Wildman–Crippen MR) is 95.0 cm³/mol. The first kappa shape index (κ1) is 18.0. The van der Waals surface area contributed by atoms with Crippen molar-refractivity contribution in [1.29, 1.82) is 0 Å². The van der Waals surface area contributed by atoms with Crippen molar-refractivity contribution in [3.05, 3.63) is 58.6 Å². The van der Waals surface area contributed by atoms with Crippen LogP contribution in [0.1, 0.15) is 12.5 Å². The molecule has 0 aliphatic rings. The van der Waals surface area contributed by atoms with Crippen LogP contribution < -0.4 is 10.1 Å². The molecule has 6 heteroatoms. The molecule has 0 radical (unpaired) electrons. The Labute approximate surface area is 149 Å². The predicted octanol–water partition coefficient (Wildman–Crippen LogP) is 3.71. The van der Waals surface area contributed by atoms with E-state index >= 15 is 0 Å². The van der Waals surface area contributed by atoms with Gasteiger partial charge in [0.2, 0.25) is 0 Å². The highest BCUT2D eigenvalue weighted by atomic mass is 79.9. The fraction of sp³-hybridized carbons (Fsp3) is 0.222. The van der Waals surface area contributed by atoms with Gasteiger partial charge in [0.25, 0.3) is 5.91 Å². The number of amides is 1. The highest BCUT2D eigenvalue weighted by Gasteiger charge is 2.17. The van der Waals surface area contributed by atoms with E-state index in [1.165, 1.54) is 0 Å². The first-order valence-electron chi connectivity index (χ1n) is 7.39. The van der Waals surface area contributed by atoms with Crippen molar-refractivity contribution < 1.29 is 19.1 Å². The van der Waals surface area contributed by atoms with Crippen LogP contribution in [0.3, 0.4) is 0 Å². The van der Waals surface area contributed by atoms with Crippen molar-refractivity contribution in [3.8, 4) is 5.75 Å². The van der Waals surface area contributed by atoms with Gasteiger partial charge in [-0.25, -0.2) is 4.79 Å². The number of ether oxygens (including phenoxy) is 2. The lowest BCUT2D eigenvalue weighted by molar-refractivity contribution is -0.153. The van der Waals surface area contributed by atoms with Crippen molar-refractivity contribution in [2.24, 2.45) is 0 Å². The molecule has 0 saturated heterocycles. The molecule has 0 unspecified atom stereocenters. The Morgan fingerprint density at radius 2 is 1.88 bits per heavy atom. The SMILES string of the molecule is Cc1cccc(NC(=O)COC(=O)[C@@H](C)Oc2ccc(Br)cc2)c1.